The monoisotopic (exact) mass is 375 g/mol. The van der Waals surface area contributed by atoms with Crippen LogP contribution >= 0.6 is 9.90 Å². The molecule has 0 aromatic heterocycles. The van der Waals surface area contributed by atoms with E-state index in [-0.39, 0.29) is 68.8 Å². The minimum absolute atomic E-state index is 0. The van der Waals surface area contributed by atoms with Gasteiger partial charge in [-0.3, -0.25) is 0 Å². The zero-order valence-electron chi connectivity index (χ0n) is 1.86. The third-order valence-corrected chi connectivity index (χ3v) is 0. The molecule has 0 aliphatic rings. The Morgan fingerprint density at radius 2 is 1.00 bits per heavy atom. The maximum Gasteiger partial charge on any atom is 0 e. The van der Waals surface area contributed by atoms with Crippen LogP contribution in [0.4, 0.5) is 0 Å². The quantitative estimate of drug-likeness (QED) is 0.416. The first kappa shape index (κ1) is 33.3. The Balaban J connectivity index is 0. The molecule has 0 aromatic carbocycles. The Kier molecular flexibility index (Phi) is 154. The first-order valence-corrected chi connectivity index (χ1v) is 0. The Morgan fingerprint density at radius 3 is 1.00 bits per heavy atom. The molecule has 0 bridgehead atoms. The van der Waals surface area contributed by atoms with Crippen molar-refractivity contribution >= 4 is 9.90 Å². The summed E-state index contributed by atoms with van der Waals surface area (Å²) in [6.07, 6.45) is 0. The van der Waals surface area contributed by atoms with Crippen LogP contribution in [0.25, 0.3) is 0 Å². The Morgan fingerprint density at radius 1 is 1.00 bits per heavy atom. The van der Waals surface area contributed by atoms with Gasteiger partial charge in [-0.05, 0) is 0 Å². The van der Waals surface area contributed by atoms with E-state index in [0.29, 0.717) is 0 Å². The van der Waals surface area contributed by atoms with Gasteiger partial charge in [-0.15, -0.1) is 0 Å². The summed E-state index contributed by atoms with van der Waals surface area (Å²) in [5, 5.41) is 0. The first-order valence-electron chi connectivity index (χ1n) is 0. The Labute approximate surface area is 68.2 Å². The summed E-state index contributed by atoms with van der Waals surface area (Å²) in [7, 11) is 0. The van der Waals surface area contributed by atoms with Gasteiger partial charge in [0.25, 0.3) is 0 Å². The minimum Gasteiger partial charge on any atom is -0.153 e. The van der Waals surface area contributed by atoms with Gasteiger partial charge >= 0.3 is 0 Å². The molecule has 0 fully saturated rings. The van der Waals surface area contributed by atoms with Crippen LogP contribution in [0.15, 0.2) is 0 Å². The molecule has 0 N–H and O–H groups in total. The van der Waals surface area contributed by atoms with E-state index >= 15 is 0 Å². The van der Waals surface area contributed by atoms with Gasteiger partial charge in [0.1, 0.15) is 0 Å². The van der Waals surface area contributed by atoms with E-state index in [1.165, 1.54) is 0 Å². The fourth-order valence-corrected chi connectivity index (χ4v) is 0. The predicted octanol–water partition coefficient (Wildman–Crippen LogP) is 0.0506. The number of hydrogen-bond acceptors (Lipinski definition) is 0. The van der Waals surface area contributed by atoms with Crippen molar-refractivity contribution in [1.29, 1.82) is 0 Å². The zero-order valence-corrected chi connectivity index (χ0v) is 9.25. The van der Waals surface area contributed by atoms with E-state index in [0.717, 1.165) is 0 Å². The van der Waals surface area contributed by atoms with Crippen molar-refractivity contribution < 1.29 is 58.9 Å². The summed E-state index contributed by atoms with van der Waals surface area (Å²) in [4.78, 5) is 0. The molecule has 29 valence electrons. The maximum atomic E-state index is 0. The second-order valence-electron chi connectivity index (χ2n) is 0. The molecular weight excluding hydrogens is 370 g/mol. The average molecular weight is 373 g/mol. The normalized spacial score (nSPS) is 0. The molecule has 1 atom stereocenters. The number of hydrogen-bond donors (Lipinski definition) is 0. The minimum atomic E-state index is 0. The van der Waals surface area contributed by atoms with E-state index in [4.69, 9.17) is 0 Å². The zero-order chi connectivity index (χ0) is 0. The molecule has 0 aromatic rings. The van der Waals surface area contributed by atoms with Crippen LogP contribution < -0.4 is 0 Å². The van der Waals surface area contributed by atoms with Gasteiger partial charge in [0, 0.05) is 58.9 Å². The first-order chi connectivity index (χ1) is 0. The van der Waals surface area contributed by atoms with Crippen molar-refractivity contribution in [2.45, 2.75) is 0 Å². The van der Waals surface area contributed by atoms with Crippen LogP contribution in [-0.4, -0.2) is 0 Å². The van der Waals surface area contributed by atoms with E-state index in [2.05, 4.69) is 0 Å². The molecule has 0 nitrogen and oxygen atoms in total. The Bertz CT molecular complexity index is 8.00. The van der Waals surface area contributed by atoms with Gasteiger partial charge in [0.15, 0.2) is 0 Å². The van der Waals surface area contributed by atoms with Gasteiger partial charge < -0.3 is 0 Å². The van der Waals surface area contributed by atoms with Crippen LogP contribution in [0.5, 0.6) is 0 Å². The fourth-order valence-electron chi connectivity index (χ4n) is 0. The third kappa shape index (κ3) is 8.85. The fraction of sp³-hybridized carbons (Fsp3) is 0. The van der Waals surface area contributed by atoms with E-state index < -0.39 is 0 Å². The van der Waals surface area contributed by atoms with Gasteiger partial charge in [-0.1, -0.05) is 0 Å². The van der Waals surface area contributed by atoms with Crippen molar-refractivity contribution in [2.24, 2.45) is 0 Å². The molecule has 0 aliphatic carbocycles. The van der Waals surface area contributed by atoms with E-state index in [1.807, 2.05) is 0 Å². The standard InChI is InChI=1S/Co.Mo.H3P.W/h;;1H3;. The molecule has 0 aliphatic heterocycles. The Hall–Kier alpha value is 2.31. The van der Waals surface area contributed by atoms with Gasteiger partial charge in [0.2, 0.25) is 0 Å². The van der Waals surface area contributed by atoms with Crippen molar-refractivity contribution in [3.05, 3.63) is 0 Å². The van der Waals surface area contributed by atoms with Crippen LogP contribution in [0.3, 0.4) is 0 Å². The predicted molar refractivity (Wildman–Crippen MR) is 11.1 cm³/mol. The van der Waals surface area contributed by atoms with Gasteiger partial charge in [-0.2, -0.15) is 9.90 Å². The largest absolute Gasteiger partial charge is 0.153 e. The van der Waals surface area contributed by atoms with Crippen molar-refractivity contribution in [3.8, 4) is 0 Å². The van der Waals surface area contributed by atoms with Crippen LogP contribution in [0, 0.1) is 0 Å². The van der Waals surface area contributed by atoms with Crippen LogP contribution in [-0.2, 0) is 58.9 Å². The molecule has 4 heavy (non-hydrogen) atoms. The average Bonchev–Trinajstić information content (AvgIpc) is 0. The van der Waals surface area contributed by atoms with Crippen LogP contribution in [0.2, 0.25) is 0 Å². The van der Waals surface area contributed by atoms with Gasteiger partial charge in [-0.25, -0.2) is 0 Å². The molecule has 0 saturated heterocycles. The molecule has 1 radical (unpaired) electrons. The van der Waals surface area contributed by atoms with E-state index in [1.54, 1.807) is 0 Å². The van der Waals surface area contributed by atoms with Crippen molar-refractivity contribution in [1.82, 2.24) is 0 Å². The topological polar surface area (TPSA) is 0 Å². The molecule has 0 amide bonds. The summed E-state index contributed by atoms with van der Waals surface area (Å²) < 4.78 is 0. The van der Waals surface area contributed by atoms with E-state index in [9.17, 15) is 0 Å². The summed E-state index contributed by atoms with van der Waals surface area (Å²) in [6.45, 7) is 0. The molecule has 0 saturated carbocycles. The van der Waals surface area contributed by atoms with Gasteiger partial charge in [0.05, 0.1) is 0 Å². The van der Waals surface area contributed by atoms with Crippen molar-refractivity contribution in [3.63, 3.8) is 0 Å². The number of rotatable bonds is 0. The molecular formula is H3CoMoPW. The smallest absolute Gasteiger partial charge is 0 e. The molecule has 0 heterocycles. The SMILES string of the molecule is P.[Co].[Mo].[W]. The summed E-state index contributed by atoms with van der Waals surface area (Å²) >= 11 is 0. The summed E-state index contributed by atoms with van der Waals surface area (Å²) in [5.41, 5.74) is 0. The summed E-state index contributed by atoms with van der Waals surface area (Å²) in [6, 6.07) is 0. The second kappa shape index (κ2) is 18.5. The molecule has 0 spiro atoms. The summed E-state index contributed by atoms with van der Waals surface area (Å²) in [5.74, 6) is 0. The maximum absolute atomic E-state index is 0. The molecule has 1 unspecified atom stereocenters. The molecule has 4 heteroatoms. The van der Waals surface area contributed by atoms with Crippen molar-refractivity contribution in [2.75, 3.05) is 0 Å². The second-order valence-corrected chi connectivity index (χ2v) is 0. The molecule has 0 rings (SSSR count). The third-order valence-electron chi connectivity index (χ3n) is 0. The van der Waals surface area contributed by atoms with Crippen LogP contribution in [0.1, 0.15) is 0 Å².